The van der Waals surface area contributed by atoms with Crippen molar-refractivity contribution in [2.45, 2.75) is 61.1 Å². The van der Waals surface area contributed by atoms with E-state index < -0.39 is 29.2 Å². The molecule has 0 radical (unpaired) electrons. The smallest absolute Gasteiger partial charge is 0.350 e. The second-order valence-corrected chi connectivity index (χ2v) is 11.4. The van der Waals surface area contributed by atoms with Crippen LogP contribution < -0.4 is 0 Å². The summed E-state index contributed by atoms with van der Waals surface area (Å²) in [5.41, 5.74) is -1.72. The Morgan fingerprint density at radius 3 is 2.52 bits per heavy atom. The van der Waals surface area contributed by atoms with Gasteiger partial charge < -0.3 is 19.7 Å². The zero-order valence-corrected chi connectivity index (χ0v) is 18.2. The Morgan fingerprint density at radius 1 is 1.29 bits per heavy atom. The molecule has 2 aromatic rings. The average Bonchev–Trinajstić information content (AvgIpc) is 3.12. The van der Waals surface area contributed by atoms with Crippen LogP contribution in [0.5, 0.6) is 0 Å². The number of ether oxygens (including phenoxy) is 2. The van der Waals surface area contributed by atoms with Gasteiger partial charge in [-0.05, 0) is 29.8 Å². The monoisotopic (exact) mass is 458 g/mol. The molecule has 6 atom stereocenters. The number of aliphatic carboxylic acids is 1. The summed E-state index contributed by atoms with van der Waals surface area (Å²) in [6.45, 7) is 2.08. The van der Waals surface area contributed by atoms with Crippen LogP contribution in [0, 0.1) is 0 Å². The molecule has 31 heavy (non-hydrogen) atoms. The first-order valence-corrected chi connectivity index (χ1v) is 12.1. The summed E-state index contributed by atoms with van der Waals surface area (Å²) < 4.78 is 12.5. The summed E-state index contributed by atoms with van der Waals surface area (Å²) in [6.07, 6.45) is 0.890. The molecule has 1 spiro atoms. The predicted octanol–water partition coefficient (Wildman–Crippen LogP) is 2.56. The SMILES string of the molecule is CC12C[C@@H]3[C@H]4OC4=C4CC(CC(=O)O)([C@@H]1OC(=O)C(O)(c1cccs1)c1cccs1)[N+]432. The molecule has 9 heteroatoms. The zero-order valence-electron chi connectivity index (χ0n) is 16.6. The fourth-order valence-corrected chi connectivity index (χ4v) is 9.25. The van der Waals surface area contributed by atoms with E-state index in [0.29, 0.717) is 20.7 Å². The maximum atomic E-state index is 13.6. The largest absolute Gasteiger partial charge is 0.481 e. The number of esters is 1. The minimum Gasteiger partial charge on any atom is -0.481 e. The highest BCUT2D eigenvalue weighted by molar-refractivity contribution is 7.12. The number of carbonyl (C=O) groups is 2. The molecule has 0 aromatic carbocycles. The first-order valence-electron chi connectivity index (χ1n) is 10.3. The summed E-state index contributed by atoms with van der Waals surface area (Å²) >= 11 is 2.60. The lowest BCUT2D eigenvalue weighted by atomic mass is 9.45. The van der Waals surface area contributed by atoms with Gasteiger partial charge in [-0.15, -0.1) is 22.7 Å². The molecular weight excluding hydrogens is 438 g/mol. The maximum Gasteiger partial charge on any atom is 0.350 e. The second kappa shape index (κ2) is 5.23. The van der Waals surface area contributed by atoms with Gasteiger partial charge in [0.25, 0.3) is 0 Å². The van der Waals surface area contributed by atoms with Gasteiger partial charge in [0.2, 0.25) is 23.6 Å². The van der Waals surface area contributed by atoms with Gasteiger partial charge in [-0.3, -0.25) is 9.28 Å². The zero-order chi connectivity index (χ0) is 21.4. The molecule has 7 heterocycles. The number of rotatable bonds is 6. The number of fused-ring (bicyclic) bond motifs is 2. The number of hydrogen-bond acceptors (Lipinski definition) is 7. The molecule has 3 unspecified atom stereocenters. The van der Waals surface area contributed by atoms with Crippen molar-refractivity contribution in [2.24, 2.45) is 0 Å². The molecule has 7 rings (SSSR count). The van der Waals surface area contributed by atoms with Crippen molar-refractivity contribution in [3.8, 4) is 0 Å². The van der Waals surface area contributed by atoms with E-state index in [1.54, 1.807) is 24.3 Å². The van der Waals surface area contributed by atoms with E-state index in [9.17, 15) is 19.8 Å². The van der Waals surface area contributed by atoms with Gasteiger partial charge in [-0.1, -0.05) is 12.1 Å². The first kappa shape index (κ1) is 18.4. The van der Waals surface area contributed by atoms with Gasteiger partial charge in [0.05, 0.1) is 22.6 Å². The Hall–Kier alpha value is -2.20. The number of aliphatic hydroxyl groups is 1. The predicted molar refractivity (Wildman–Crippen MR) is 110 cm³/mol. The highest BCUT2D eigenvalue weighted by Gasteiger charge is 3.01. The van der Waals surface area contributed by atoms with Crippen LogP contribution in [0.25, 0.3) is 0 Å². The van der Waals surface area contributed by atoms with Crippen LogP contribution in [-0.4, -0.2) is 56.0 Å². The summed E-state index contributed by atoms with van der Waals surface area (Å²) in [5, 5.41) is 25.0. The van der Waals surface area contributed by atoms with Gasteiger partial charge in [-0.25, -0.2) is 4.79 Å². The molecule has 4 saturated heterocycles. The lowest BCUT2D eigenvalue weighted by Crippen LogP contribution is -3.05. The van der Waals surface area contributed by atoms with Crippen LogP contribution in [-0.2, 0) is 24.7 Å². The number of thiophene rings is 2. The van der Waals surface area contributed by atoms with E-state index in [1.807, 2.05) is 10.8 Å². The van der Waals surface area contributed by atoms with Gasteiger partial charge >= 0.3 is 11.9 Å². The van der Waals surface area contributed by atoms with E-state index in [0.717, 1.165) is 12.2 Å². The number of hydrogen-bond donors (Lipinski definition) is 2. The Morgan fingerprint density at radius 2 is 1.97 bits per heavy atom. The number of carbonyl (C=O) groups excluding carboxylic acids is 1. The molecule has 5 aliphatic rings. The van der Waals surface area contributed by atoms with Crippen LogP contribution in [0.15, 0.2) is 46.5 Å². The van der Waals surface area contributed by atoms with Crippen molar-refractivity contribution in [1.82, 2.24) is 0 Å². The minimum atomic E-state index is -1.89. The second-order valence-electron chi connectivity index (χ2n) is 9.50. The van der Waals surface area contributed by atoms with Gasteiger partial charge in [0, 0.05) is 0 Å². The van der Waals surface area contributed by atoms with Crippen molar-refractivity contribution in [3.63, 3.8) is 0 Å². The van der Waals surface area contributed by atoms with E-state index in [4.69, 9.17) is 9.47 Å². The van der Waals surface area contributed by atoms with Crippen molar-refractivity contribution in [1.29, 1.82) is 0 Å². The summed E-state index contributed by atoms with van der Waals surface area (Å²) in [7, 11) is 0. The molecule has 160 valence electrons. The number of carboxylic acid groups (broad SMARTS) is 1. The average molecular weight is 459 g/mol. The summed E-state index contributed by atoms with van der Waals surface area (Å²) in [6, 6.07) is 7.28. The van der Waals surface area contributed by atoms with Crippen LogP contribution in [0.4, 0.5) is 0 Å². The highest BCUT2D eigenvalue weighted by Crippen LogP contribution is 2.83. The molecule has 5 aliphatic heterocycles. The van der Waals surface area contributed by atoms with Crippen LogP contribution in [0.3, 0.4) is 0 Å². The lowest BCUT2D eigenvalue weighted by Gasteiger charge is -2.85. The van der Waals surface area contributed by atoms with Crippen LogP contribution in [0.1, 0.15) is 35.9 Å². The lowest BCUT2D eigenvalue weighted by molar-refractivity contribution is -1.13. The fourth-order valence-electron chi connectivity index (χ4n) is 7.54. The molecular formula is C22H20NO6S2+. The molecule has 2 aromatic heterocycles. The molecule has 0 amide bonds. The Kier molecular flexibility index (Phi) is 3.10. The van der Waals surface area contributed by atoms with Gasteiger partial charge in [0.15, 0.2) is 16.8 Å². The number of quaternary nitrogens is 1. The van der Waals surface area contributed by atoms with E-state index >= 15 is 0 Å². The van der Waals surface area contributed by atoms with Crippen molar-refractivity contribution in [3.05, 3.63) is 56.2 Å². The van der Waals surface area contributed by atoms with E-state index in [2.05, 4.69) is 6.92 Å². The normalized spacial score (nSPS) is 40.4. The number of epoxide rings is 1. The van der Waals surface area contributed by atoms with Crippen molar-refractivity contribution < 1.29 is 33.8 Å². The molecule has 7 nitrogen and oxygen atoms in total. The summed E-state index contributed by atoms with van der Waals surface area (Å²) in [4.78, 5) is 26.4. The number of piperidine rings is 2. The Balaban J connectivity index is 1.28. The standard InChI is InChI=1S/C22H19NO6S2/c1-20-8-11-16-17(28-16)12-9-21(10-15(24)25,23(11,12)20)18(20)29-19(26)22(27,13-4-2-6-30-13)14-5-3-7-31-14/h2-7,11,16,18,27H,8-10H2,1H3/p+1/t11-,16-,18-,20?,21?,23?/m1/s1. The molecule has 4 fully saturated rings. The third kappa shape index (κ3) is 1.68. The van der Waals surface area contributed by atoms with Crippen LogP contribution >= 0.6 is 22.7 Å². The molecule has 0 aliphatic carbocycles. The molecule has 0 saturated carbocycles. The number of nitrogens with zero attached hydrogens (tertiary/aromatic N) is 1. The minimum absolute atomic E-state index is 0.0586. The van der Waals surface area contributed by atoms with Crippen LogP contribution in [0.2, 0.25) is 0 Å². The fraction of sp³-hybridized carbons (Fsp3) is 0.455. The first-order chi connectivity index (χ1) is 14.8. The van der Waals surface area contributed by atoms with E-state index in [-0.39, 0.29) is 24.1 Å². The number of carboxylic acids is 1. The maximum absolute atomic E-state index is 13.6. The third-order valence-corrected chi connectivity index (χ3v) is 10.4. The van der Waals surface area contributed by atoms with Crippen molar-refractivity contribution >= 4 is 34.6 Å². The Bertz CT molecular complexity index is 1150. The summed E-state index contributed by atoms with van der Waals surface area (Å²) in [5.74, 6) is -0.580. The van der Waals surface area contributed by atoms with E-state index in [1.165, 1.54) is 28.4 Å². The van der Waals surface area contributed by atoms with Crippen molar-refractivity contribution in [2.75, 3.05) is 0 Å². The quantitative estimate of drug-likeness (QED) is 0.392. The highest BCUT2D eigenvalue weighted by atomic mass is 32.1. The third-order valence-electron chi connectivity index (χ3n) is 8.40. The topological polar surface area (TPSA) is 96.4 Å². The molecule has 0 bridgehead atoms. The molecule has 2 N–H and O–H groups in total. The van der Waals surface area contributed by atoms with Gasteiger partial charge in [0.1, 0.15) is 12.5 Å². The van der Waals surface area contributed by atoms with Gasteiger partial charge in [-0.2, -0.15) is 0 Å². The Labute approximate surface area is 185 Å².